The van der Waals surface area contributed by atoms with Crippen LogP contribution in [0.4, 0.5) is 0 Å². The van der Waals surface area contributed by atoms with E-state index in [1.54, 1.807) is 13.8 Å². The summed E-state index contributed by atoms with van der Waals surface area (Å²) in [4.78, 5) is 0. The van der Waals surface area contributed by atoms with E-state index >= 15 is 0 Å². The molecule has 1 rings (SSSR count). The first kappa shape index (κ1) is 8.77. The van der Waals surface area contributed by atoms with Crippen LogP contribution < -0.4 is 0 Å². The molecule has 0 radical (unpaired) electrons. The summed E-state index contributed by atoms with van der Waals surface area (Å²) in [5.74, 6) is -0.629. The second-order valence-electron chi connectivity index (χ2n) is 2.74. The summed E-state index contributed by atoms with van der Waals surface area (Å²) in [7, 11) is 0. The molecule has 0 aromatic heterocycles. The van der Waals surface area contributed by atoms with Gasteiger partial charge >= 0.3 is 0 Å². The molecule has 1 atom stereocenters. The van der Waals surface area contributed by atoms with Crippen LogP contribution in [0.3, 0.4) is 0 Å². The van der Waals surface area contributed by atoms with Crippen LogP contribution in [0.25, 0.3) is 0 Å². The molecule has 1 heterocycles. The average Bonchev–Trinajstić information content (AvgIpc) is 2.29. The Morgan fingerprint density at radius 2 is 2.36 bits per heavy atom. The Morgan fingerprint density at radius 3 is 2.73 bits per heavy atom. The van der Waals surface area contributed by atoms with Gasteiger partial charge in [0.05, 0.1) is 6.61 Å². The quantitative estimate of drug-likeness (QED) is 0.374. The Bertz CT molecular complexity index is 181. The zero-order valence-corrected chi connectivity index (χ0v) is 7.13. The van der Waals surface area contributed by atoms with Crippen molar-refractivity contribution >= 4 is 16.8 Å². The van der Waals surface area contributed by atoms with Gasteiger partial charge in [-0.2, -0.15) is 0 Å². The van der Waals surface area contributed by atoms with E-state index in [4.69, 9.17) is 26.3 Å². The molecule has 0 aromatic rings. The summed E-state index contributed by atoms with van der Waals surface area (Å²) in [6, 6.07) is 0. The smallest absolute Gasteiger partial charge is 0.176 e. The number of rotatable bonds is 1. The number of halogens is 1. The first-order valence-electron chi connectivity index (χ1n) is 3.24. The van der Waals surface area contributed by atoms with Gasteiger partial charge in [0.2, 0.25) is 0 Å². The first-order valence-corrected chi connectivity index (χ1v) is 3.62. The van der Waals surface area contributed by atoms with Gasteiger partial charge in [0.15, 0.2) is 11.0 Å². The fraction of sp³-hybridized carbons (Fsp3) is 0.833. The van der Waals surface area contributed by atoms with E-state index in [1.165, 1.54) is 0 Å². The van der Waals surface area contributed by atoms with E-state index in [2.05, 4.69) is 5.16 Å². The van der Waals surface area contributed by atoms with E-state index in [0.717, 1.165) is 0 Å². The zero-order valence-electron chi connectivity index (χ0n) is 6.37. The lowest BCUT2D eigenvalue weighted by atomic mass is 10.4. The molecule has 0 aliphatic carbocycles. The Morgan fingerprint density at radius 1 is 1.73 bits per heavy atom. The van der Waals surface area contributed by atoms with Crippen molar-refractivity contribution in [2.45, 2.75) is 25.7 Å². The molecule has 4 nitrogen and oxygen atoms in total. The molecule has 0 bridgehead atoms. The summed E-state index contributed by atoms with van der Waals surface area (Å²) < 4.78 is 10.4. The van der Waals surface area contributed by atoms with Crippen LogP contribution in [-0.2, 0) is 9.47 Å². The van der Waals surface area contributed by atoms with Gasteiger partial charge in [-0.15, -0.1) is 0 Å². The maximum atomic E-state index is 8.29. The lowest BCUT2D eigenvalue weighted by Crippen LogP contribution is -2.24. The largest absolute Gasteiger partial charge is 0.410 e. The van der Waals surface area contributed by atoms with E-state index in [9.17, 15) is 0 Å². The van der Waals surface area contributed by atoms with Crippen LogP contribution in [0, 0.1) is 0 Å². The second-order valence-corrected chi connectivity index (χ2v) is 3.13. The van der Waals surface area contributed by atoms with E-state index in [0.29, 0.717) is 6.61 Å². The highest BCUT2D eigenvalue weighted by atomic mass is 35.5. The molecular formula is C6H10ClNO3. The summed E-state index contributed by atoms with van der Waals surface area (Å²) in [6.45, 7) is 3.87. The van der Waals surface area contributed by atoms with Gasteiger partial charge in [-0.25, -0.2) is 0 Å². The molecule has 0 aromatic carbocycles. The van der Waals surface area contributed by atoms with Gasteiger partial charge in [0.25, 0.3) is 0 Å². The zero-order chi connectivity index (χ0) is 8.48. The van der Waals surface area contributed by atoms with E-state index < -0.39 is 11.9 Å². The van der Waals surface area contributed by atoms with Crippen molar-refractivity contribution in [3.8, 4) is 0 Å². The average molecular weight is 180 g/mol. The van der Waals surface area contributed by atoms with Gasteiger partial charge < -0.3 is 14.7 Å². The lowest BCUT2D eigenvalue weighted by Gasteiger charge is -2.15. The fourth-order valence-corrected chi connectivity index (χ4v) is 0.976. The molecular weight excluding hydrogens is 170 g/mol. The number of hydrogen-bond acceptors (Lipinski definition) is 4. The van der Waals surface area contributed by atoms with Gasteiger partial charge in [0, 0.05) is 0 Å². The Balaban J connectivity index is 2.55. The maximum absolute atomic E-state index is 8.29. The third-order valence-corrected chi connectivity index (χ3v) is 1.69. The minimum absolute atomic E-state index is 0.0237. The van der Waals surface area contributed by atoms with Gasteiger partial charge in [-0.1, -0.05) is 16.8 Å². The Labute approximate surface area is 69.7 Å². The molecule has 64 valence electrons. The van der Waals surface area contributed by atoms with Crippen molar-refractivity contribution in [2.75, 3.05) is 6.61 Å². The van der Waals surface area contributed by atoms with Crippen molar-refractivity contribution in [1.82, 2.24) is 0 Å². The number of ether oxygens (including phenoxy) is 2. The molecule has 1 saturated heterocycles. The number of nitrogens with zero attached hydrogens (tertiary/aromatic N) is 1. The van der Waals surface area contributed by atoms with Gasteiger partial charge in [-0.05, 0) is 13.8 Å². The molecule has 5 heteroatoms. The molecule has 1 N–H and O–H groups in total. The van der Waals surface area contributed by atoms with Crippen LogP contribution in [-0.4, -0.2) is 28.9 Å². The molecule has 0 saturated carbocycles. The molecule has 0 spiro atoms. The third-order valence-electron chi connectivity index (χ3n) is 1.37. The summed E-state index contributed by atoms with van der Waals surface area (Å²) in [6.07, 6.45) is -0.434. The predicted molar refractivity (Wildman–Crippen MR) is 40.0 cm³/mol. The molecule has 1 aliphatic rings. The minimum atomic E-state index is -0.629. The molecule has 0 unspecified atom stereocenters. The summed E-state index contributed by atoms with van der Waals surface area (Å²) >= 11 is 5.49. The van der Waals surface area contributed by atoms with Gasteiger partial charge in [0.1, 0.15) is 6.10 Å². The van der Waals surface area contributed by atoms with Crippen LogP contribution in [0.15, 0.2) is 5.16 Å². The highest BCUT2D eigenvalue weighted by Gasteiger charge is 2.35. The topological polar surface area (TPSA) is 51.0 Å². The molecule has 1 aliphatic heterocycles. The highest BCUT2D eigenvalue weighted by Crippen LogP contribution is 2.23. The van der Waals surface area contributed by atoms with E-state index in [-0.39, 0.29) is 5.17 Å². The third kappa shape index (κ3) is 2.05. The van der Waals surface area contributed by atoms with Gasteiger partial charge in [-0.3, -0.25) is 0 Å². The Hall–Kier alpha value is -0.320. The molecule has 1 fully saturated rings. The monoisotopic (exact) mass is 179 g/mol. The number of hydrogen-bond donors (Lipinski definition) is 1. The standard InChI is InChI=1S/C6H10ClNO3/c1-6(2)10-3-4(11-6)5(7)8-9/h4,9H,3H2,1-2H3/b8-5+/t4-/m1/s1. The second kappa shape index (κ2) is 2.97. The van der Waals surface area contributed by atoms with Crippen LogP contribution >= 0.6 is 11.6 Å². The SMILES string of the molecule is CC1(C)OC[C@H](/C(Cl)=N\O)O1. The minimum Gasteiger partial charge on any atom is -0.410 e. The number of oxime groups is 1. The van der Waals surface area contributed by atoms with Crippen molar-refractivity contribution in [3.05, 3.63) is 0 Å². The highest BCUT2D eigenvalue weighted by molar-refractivity contribution is 6.66. The summed E-state index contributed by atoms with van der Waals surface area (Å²) in [5.41, 5.74) is 0. The maximum Gasteiger partial charge on any atom is 0.176 e. The fourth-order valence-electron chi connectivity index (χ4n) is 0.869. The van der Waals surface area contributed by atoms with Crippen molar-refractivity contribution < 1.29 is 14.7 Å². The van der Waals surface area contributed by atoms with Crippen LogP contribution in [0.5, 0.6) is 0 Å². The van der Waals surface area contributed by atoms with Crippen molar-refractivity contribution in [2.24, 2.45) is 5.16 Å². The van der Waals surface area contributed by atoms with Crippen LogP contribution in [0.2, 0.25) is 0 Å². The lowest BCUT2D eigenvalue weighted by molar-refractivity contribution is -0.131. The van der Waals surface area contributed by atoms with E-state index in [1.807, 2.05) is 0 Å². The Kier molecular flexibility index (Phi) is 2.37. The van der Waals surface area contributed by atoms with Crippen molar-refractivity contribution in [1.29, 1.82) is 0 Å². The van der Waals surface area contributed by atoms with Crippen molar-refractivity contribution in [3.63, 3.8) is 0 Å². The molecule has 11 heavy (non-hydrogen) atoms. The molecule has 0 amide bonds. The van der Waals surface area contributed by atoms with Crippen LogP contribution in [0.1, 0.15) is 13.8 Å². The predicted octanol–water partition coefficient (Wildman–Crippen LogP) is 1.16. The first-order chi connectivity index (χ1) is 5.05. The summed E-state index contributed by atoms with van der Waals surface area (Å²) in [5, 5.41) is 11.1. The normalized spacial score (nSPS) is 30.8.